The maximum atomic E-state index is 2.58. The summed E-state index contributed by atoms with van der Waals surface area (Å²) in [6.07, 6.45) is 29.5. The van der Waals surface area contributed by atoms with Crippen LogP contribution in [0.1, 0.15) is 32.6 Å². The van der Waals surface area contributed by atoms with E-state index in [-0.39, 0.29) is 0 Å². The van der Waals surface area contributed by atoms with Gasteiger partial charge in [0, 0.05) is 10.00 Å². The molecule has 0 aromatic heterocycles. The fourth-order valence-corrected chi connectivity index (χ4v) is 11.4. The van der Waals surface area contributed by atoms with Crippen LogP contribution in [0.25, 0.3) is 0 Å². The van der Waals surface area contributed by atoms with Crippen molar-refractivity contribution in [2.24, 2.45) is 11.8 Å². The highest BCUT2D eigenvalue weighted by Gasteiger charge is 2.84. The molecule has 2 fully saturated rings. The molecule has 1 heterocycles. The van der Waals surface area contributed by atoms with E-state index in [4.69, 9.17) is 0 Å². The predicted molar refractivity (Wildman–Crippen MR) is 98.0 cm³/mol. The van der Waals surface area contributed by atoms with Gasteiger partial charge < -0.3 is 0 Å². The molecule has 0 aromatic rings. The Hall–Kier alpha value is -1.21. The van der Waals surface area contributed by atoms with E-state index in [0.29, 0.717) is 10.7 Å². The van der Waals surface area contributed by atoms with Crippen LogP contribution in [-0.2, 0) is 0 Å². The normalized spacial score (nSPS) is 50.1. The first-order valence-electron chi connectivity index (χ1n) is 8.71. The van der Waals surface area contributed by atoms with Crippen molar-refractivity contribution in [3.63, 3.8) is 0 Å². The van der Waals surface area contributed by atoms with E-state index < -0.39 is 10.0 Å². The molecule has 0 radical (unpaired) electrons. The SMILES string of the molecule is CC1C=CC=C(S2(C3=CCCC=C3)C3C=CC=CC4CC432)C1. The maximum absolute atomic E-state index is 2.58. The molecule has 0 bridgehead atoms. The zero-order valence-electron chi connectivity index (χ0n) is 13.2. The minimum atomic E-state index is -0.790. The summed E-state index contributed by atoms with van der Waals surface area (Å²) in [4.78, 5) is 3.49. The maximum Gasteiger partial charge on any atom is 0.0297 e. The lowest BCUT2D eigenvalue weighted by Crippen LogP contribution is -2.05. The Labute approximate surface area is 135 Å². The van der Waals surface area contributed by atoms with Gasteiger partial charge in [0.05, 0.1) is 0 Å². The number of hydrogen-bond acceptors (Lipinski definition) is 0. The van der Waals surface area contributed by atoms with Crippen LogP contribution in [-0.4, -0.2) is 10.00 Å². The average molecular weight is 308 g/mol. The number of hydrogen-bond donors (Lipinski definition) is 0. The molecule has 4 aliphatic carbocycles. The van der Waals surface area contributed by atoms with E-state index in [1.165, 1.54) is 25.7 Å². The van der Waals surface area contributed by atoms with Crippen LogP contribution in [0.15, 0.2) is 70.6 Å². The van der Waals surface area contributed by atoms with Crippen LogP contribution in [0.2, 0.25) is 0 Å². The van der Waals surface area contributed by atoms with Gasteiger partial charge in [-0.15, -0.1) is 0 Å². The molecule has 5 unspecified atom stereocenters. The van der Waals surface area contributed by atoms with Crippen LogP contribution in [0.4, 0.5) is 0 Å². The van der Waals surface area contributed by atoms with Crippen LogP contribution in [0, 0.1) is 11.8 Å². The van der Waals surface area contributed by atoms with Crippen molar-refractivity contribution in [1.82, 2.24) is 0 Å². The molecule has 1 spiro atoms. The molecule has 5 atom stereocenters. The standard InChI is InChI=1S/C21H24S/c1-16-8-7-12-19(14-16)22(18-10-3-2-4-11-18)20-13-6-5-9-17-15-21(17,20)22/h3,5-13,16-17,20H,2,4,14-15H2,1H3. The molecule has 5 rings (SSSR count). The predicted octanol–water partition coefficient (Wildman–Crippen LogP) is 5.77. The van der Waals surface area contributed by atoms with E-state index in [2.05, 4.69) is 67.7 Å². The highest BCUT2D eigenvalue weighted by molar-refractivity contribution is 8.47. The third-order valence-electron chi connectivity index (χ3n) is 6.14. The summed E-state index contributed by atoms with van der Waals surface area (Å²) in [5.41, 5.74) is 0. The Balaban J connectivity index is 1.66. The minimum absolute atomic E-state index is 0.598. The van der Waals surface area contributed by atoms with E-state index in [1.54, 1.807) is 9.81 Å². The molecular formula is C21H24S. The van der Waals surface area contributed by atoms with Crippen molar-refractivity contribution in [3.05, 3.63) is 70.6 Å². The Morgan fingerprint density at radius 3 is 2.82 bits per heavy atom. The minimum Gasteiger partial charge on any atom is -0.176 e. The highest BCUT2D eigenvalue weighted by atomic mass is 32.3. The molecule has 114 valence electrons. The lowest BCUT2D eigenvalue weighted by molar-refractivity contribution is 0.729. The van der Waals surface area contributed by atoms with Crippen molar-refractivity contribution in [3.8, 4) is 0 Å². The molecule has 1 aliphatic heterocycles. The Morgan fingerprint density at radius 1 is 1.09 bits per heavy atom. The molecule has 0 amide bonds. The van der Waals surface area contributed by atoms with Gasteiger partial charge in [-0.25, -0.2) is 0 Å². The first-order valence-corrected chi connectivity index (χ1v) is 10.4. The lowest BCUT2D eigenvalue weighted by Gasteiger charge is -2.33. The van der Waals surface area contributed by atoms with Crippen LogP contribution < -0.4 is 0 Å². The summed E-state index contributed by atoms with van der Waals surface area (Å²) in [5.74, 6) is 1.54. The first-order chi connectivity index (χ1) is 10.8. The topological polar surface area (TPSA) is 0 Å². The van der Waals surface area contributed by atoms with Gasteiger partial charge in [-0.05, 0) is 47.3 Å². The summed E-state index contributed by atoms with van der Waals surface area (Å²) in [6, 6.07) is 0. The smallest absolute Gasteiger partial charge is 0.0297 e. The van der Waals surface area contributed by atoms with Gasteiger partial charge in [0.2, 0.25) is 0 Å². The summed E-state index contributed by atoms with van der Waals surface area (Å²) < 4.78 is 0.598. The molecule has 0 aromatic carbocycles. The van der Waals surface area contributed by atoms with Crippen molar-refractivity contribution >= 4 is 10.0 Å². The molecule has 1 heteroatoms. The second-order valence-electron chi connectivity index (χ2n) is 7.40. The Bertz CT molecular complexity index is 701. The molecule has 0 nitrogen and oxygen atoms in total. The second kappa shape index (κ2) is 4.41. The average Bonchev–Trinajstić information content (AvgIpc) is 3.38. The van der Waals surface area contributed by atoms with Crippen molar-refractivity contribution in [2.75, 3.05) is 0 Å². The molecule has 5 aliphatic rings. The van der Waals surface area contributed by atoms with E-state index >= 15 is 0 Å². The van der Waals surface area contributed by atoms with Crippen LogP contribution in [0.5, 0.6) is 0 Å². The quantitative estimate of drug-likeness (QED) is 0.568. The largest absolute Gasteiger partial charge is 0.176 e. The second-order valence-corrected chi connectivity index (χ2v) is 11.0. The Kier molecular flexibility index (Phi) is 2.66. The summed E-state index contributed by atoms with van der Waals surface area (Å²) in [6.45, 7) is 2.37. The number of allylic oxidation sites excluding steroid dienone is 10. The Morgan fingerprint density at radius 2 is 2.00 bits per heavy atom. The molecule has 0 N–H and O–H groups in total. The van der Waals surface area contributed by atoms with Gasteiger partial charge in [0.1, 0.15) is 0 Å². The summed E-state index contributed by atoms with van der Waals surface area (Å²) >= 11 is 0. The van der Waals surface area contributed by atoms with Gasteiger partial charge in [-0.3, -0.25) is 0 Å². The summed E-state index contributed by atoms with van der Waals surface area (Å²) in [5, 5.41) is 0.805. The zero-order chi connectivity index (χ0) is 14.8. The van der Waals surface area contributed by atoms with Gasteiger partial charge in [-0.2, -0.15) is 10.0 Å². The van der Waals surface area contributed by atoms with Gasteiger partial charge in [-0.1, -0.05) is 67.7 Å². The summed E-state index contributed by atoms with van der Waals surface area (Å²) in [7, 11) is -0.790. The van der Waals surface area contributed by atoms with E-state index in [1.807, 2.05) is 0 Å². The van der Waals surface area contributed by atoms with E-state index in [9.17, 15) is 0 Å². The third kappa shape index (κ3) is 1.46. The fourth-order valence-electron chi connectivity index (χ4n) is 5.12. The third-order valence-corrected chi connectivity index (χ3v) is 11.3. The van der Waals surface area contributed by atoms with Gasteiger partial charge >= 0.3 is 0 Å². The molecule has 1 saturated carbocycles. The van der Waals surface area contributed by atoms with Gasteiger partial charge in [0.25, 0.3) is 0 Å². The first kappa shape index (κ1) is 13.2. The monoisotopic (exact) mass is 308 g/mol. The van der Waals surface area contributed by atoms with E-state index in [0.717, 1.165) is 11.2 Å². The highest BCUT2D eigenvalue weighted by Crippen LogP contribution is 3.00. The number of rotatable bonds is 2. The zero-order valence-corrected chi connectivity index (χ0v) is 14.1. The molecule has 1 saturated heterocycles. The van der Waals surface area contributed by atoms with Crippen molar-refractivity contribution in [2.45, 2.75) is 42.6 Å². The van der Waals surface area contributed by atoms with Crippen LogP contribution in [0.3, 0.4) is 0 Å². The molecular weight excluding hydrogens is 284 g/mol. The van der Waals surface area contributed by atoms with Crippen molar-refractivity contribution < 1.29 is 0 Å². The fraction of sp³-hybridized carbons (Fsp3) is 0.429. The van der Waals surface area contributed by atoms with Crippen LogP contribution >= 0.6 is 10.0 Å². The van der Waals surface area contributed by atoms with Gasteiger partial charge in [0.15, 0.2) is 0 Å². The molecule has 22 heavy (non-hydrogen) atoms. The lowest BCUT2D eigenvalue weighted by atomic mass is 10.0. The van der Waals surface area contributed by atoms with Crippen molar-refractivity contribution in [1.29, 1.82) is 0 Å².